The first-order valence-corrected chi connectivity index (χ1v) is 45.3. The van der Waals surface area contributed by atoms with E-state index in [0.717, 1.165) is 70.6 Å². The summed E-state index contributed by atoms with van der Waals surface area (Å²) in [5.74, 6) is 13.4. The first kappa shape index (κ1) is 77.1. The van der Waals surface area contributed by atoms with E-state index in [1.54, 1.807) is 51.4 Å². The van der Waals surface area contributed by atoms with Crippen LogP contribution in [0.3, 0.4) is 0 Å². The summed E-state index contributed by atoms with van der Waals surface area (Å²) in [6.45, 7) is 16.7. The van der Waals surface area contributed by atoms with Crippen LogP contribution >= 0.6 is 0 Å². The van der Waals surface area contributed by atoms with Crippen LogP contribution in [0.4, 0.5) is 0 Å². The second kappa shape index (κ2) is 33.5. The molecule has 0 bridgehead atoms. The number of benzene rings is 13. The molecule has 0 amide bonds. The molecule has 9 aliphatic rings. The molecule has 0 spiro atoms. The van der Waals surface area contributed by atoms with Crippen LogP contribution in [0.5, 0.6) is 0 Å². The molecule has 592 valence electrons. The summed E-state index contributed by atoms with van der Waals surface area (Å²) in [5, 5.41) is 11.5. The highest BCUT2D eigenvalue weighted by Crippen LogP contribution is 2.59. The zero-order valence-corrected chi connectivity index (χ0v) is 70.6. The minimum atomic E-state index is 0.160. The van der Waals surface area contributed by atoms with Crippen molar-refractivity contribution in [1.29, 1.82) is 0 Å². The maximum absolute atomic E-state index is 4.56. The maximum Gasteiger partial charge on any atom is 0.0786 e. The van der Waals surface area contributed by atoms with Crippen molar-refractivity contribution in [2.45, 2.75) is 162 Å². The summed E-state index contributed by atoms with van der Waals surface area (Å²) in [7, 11) is 0. The van der Waals surface area contributed by atoms with E-state index in [2.05, 4.69) is 372 Å². The van der Waals surface area contributed by atoms with E-state index in [1.807, 2.05) is 12.3 Å². The molecule has 12 atom stereocenters. The normalized spacial score (nSPS) is 23.6. The Labute approximate surface area is 701 Å². The van der Waals surface area contributed by atoms with Gasteiger partial charge in [-0.25, -0.2) is 0 Å². The average molecular weight is 1540 g/mol. The molecule has 3 aromatic heterocycles. The third kappa shape index (κ3) is 14.4. The van der Waals surface area contributed by atoms with E-state index in [1.165, 1.54) is 182 Å². The Bertz CT molecular complexity index is 5720. The van der Waals surface area contributed by atoms with E-state index >= 15 is 0 Å². The summed E-state index contributed by atoms with van der Waals surface area (Å²) in [5.41, 5.74) is 22.8. The van der Waals surface area contributed by atoms with Crippen molar-refractivity contribution in [2.24, 2.45) is 65.1 Å². The summed E-state index contributed by atoms with van der Waals surface area (Å²) in [6, 6.07) is 108. The Balaban J connectivity index is 0.0000000946. The number of fused-ring (bicyclic) bond motifs is 25. The average Bonchev–Trinajstić information content (AvgIpc) is 1.51. The first-order chi connectivity index (χ1) is 57.9. The first-order valence-electron chi connectivity index (χ1n) is 45.3. The highest BCUT2D eigenvalue weighted by atomic mass is 15.0. The molecule has 0 aliphatic heterocycles. The van der Waals surface area contributed by atoms with Crippen molar-refractivity contribution in [3.05, 3.63) is 349 Å². The standard InChI is InChI=1S/C30H20N2.C17H11N.C15H26.C15H14.C14H12.C14H24.C10H10/c1-5-13-27-23(9-1)24-10-2-6-14-28(24)31(27)21-17-19-22(20-18-21)32-29-15-7-3-11-25(29)26-12-4-8-16-30(26)32;1-2-7-14-12(6-1)13-8-3-4-9-15(13)17-16(14)10-5-11-18-17;1-10-5-3-7-12-13-8-4-6-11(2)15(13)9-14(10)12;1-15(2)13-9-5-3-7-11(13)12-8-4-6-10-14(12)15;1-10-11-6-2-4-8-13(11)14-9-5-3-7-12(10)14;1-10-5-4-8-13-12-7-3-2-6-11(12)9-14(10)13;1-8-6-7-9-4-2-3-5-10(8)9/h1-20H;1-11H;10-15H,3-9H2,1-2H3;3-10H,1-2H3;2-10H,1H3;10-14H,2-9H2,1H3;2-8H,1H3. The van der Waals surface area contributed by atoms with Crippen LogP contribution in [0.1, 0.15) is 190 Å². The summed E-state index contributed by atoms with van der Waals surface area (Å²) in [6.07, 6.45) is 29.6. The topological polar surface area (TPSA) is 22.8 Å². The van der Waals surface area contributed by atoms with Crippen molar-refractivity contribution in [2.75, 3.05) is 0 Å². The smallest absolute Gasteiger partial charge is 0.0786 e. The van der Waals surface area contributed by atoms with E-state index in [4.69, 9.17) is 0 Å². The van der Waals surface area contributed by atoms with Crippen LogP contribution in [0.2, 0.25) is 0 Å². The third-order valence-corrected chi connectivity index (χ3v) is 30.3. The van der Waals surface area contributed by atoms with Crippen LogP contribution in [-0.4, -0.2) is 14.1 Å². The Hall–Kier alpha value is -10.9. The number of hydrogen-bond donors (Lipinski definition) is 0. The van der Waals surface area contributed by atoms with Gasteiger partial charge in [0, 0.05) is 61.2 Å². The highest BCUT2D eigenvalue weighted by molar-refractivity contribution is 6.24. The van der Waals surface area contributed by atoms with Gasteiger partial charge in [0.25, 0.3) is 0 Å². The minimum Gasteiger partial charge on any atom is -0.309 e. The monoisotopic (exact) mass is 1540 g/mol. The fourth-order valence-electron chi connectivity index (χ4n) is 24.5. The van der Waals surface area contributed by atoms with Gasteiger partial charge in [0.15, 0.2) is 0 Å². The number of nitrogens with zero attached hydrogens (tertiary/aromatic N) is 3. The van der Waals surface area contributed by atoms with Gasteiger partial charge in [0.1, 0.15) is 0 Å². The molecule has 25 rings (SSSR count). The van der Waals surface area contributed by atoms with E-state index < -0.39 is 0 Å². The van der Waals surface area contributed by atoms with Gasteiger partial charge in [-0.15, -0.1) is 0 Å². The van der Waals surface area contributed by atoms with Crippen LogP contribution < -0.4 is 0 Å². The van der Waals surface area contributed by atoms with Gasteiger partial charge in [-0.3, -0.25) is 4.98 Å². The third-order valence-electron chi connectivity index (χ3n) is 30.3. The number of para-hydroxylation sites is 4. The van der Waals surface area contributed by atoms with Gasteiger partial charge >= 0.3 is 0 Å². The van der Waals surface area contributed by atoms with Crippen molar-refractivity contribution < 1.29 is 0 Å². The Morgan fingerprint density at radius 1 is 0.288 bits per heavy atom. The molecule has 13 aromatic carbocycles. The lowest BCUT2D eigenvalue weighted by Gasteiger charge is -2.37. The fraction of sp³-hybridized carbons (Fsp3) is 0.313. The molecule has 3 heterocycles. The molecule has 0 radical (unpaired) electrons. The molecule has 16 aromatic rings. The van der Waals surface area contributed by atoms with Crippen molar-refractivity contribution in [3.8, 4) is 33.6 Å². The zero-order chi connectivity index (χ0) is 80.0. The van der Waals surface area contributed by atoms with Gasteiger partial charge in [0.2, 0.25) is 0 Å². The molecule has 6 saturated carbocycles. The predicted octanol–water partition coefficient (Wildman–Crippen LogP) is 31.8. The number of rotatable bonds is 2. The van der Waals surface area contributed by atoms with E-state index in [-0.39, 0.29) is 5.41 Å². The lowest BCUT2D eigenvalue weighted by molar-refractivity contribution is 0.131. The predicted molar refractivity (Wildman–Crippen MR) is 504 cm³/mol. The molecule has 6 fully saturated rings. The van der Waals surface area contributed by atoms with E-state index in [0.29, 0.717) is 11.8 Å². The largest absolute Gasteiger partial charge is 0.309 e. The molecule has 12 unspecified atom stereocenters. The highest BCUT2D eigenvalue weighted by Gasteiger charge is 2.49. The summed E-state index contributed by atoms with van der Waals surface area (Å²) in [4.78, 5) is 4.56. The van der Waals surface area contributed by atoms with Crippen molar-refractivity contribution in [1.82, 2.24) is 14.1 Å². The SMILES string of the molecule is CC1(C)c2ccccc2-c2ccccc21.CC1C=Cc2ccccc21.CC1CCCC2C1CC1C(C)CCCC12.CC1CCCC2C1CC1CCCCC12.CC1c2ccccc2-c2ccccc21.c1ccc2c(c1)c1ccccc1c1ncccc21.c1ccc2c(c1)c1ccccc1n2-c1ccc(-n2c3ccccc3c3ccccc32)cc1. The zero-order valence-electron chi connectivity index (χ0n) is 70.6. The van der Waals surface area contributed by atoms with Crippen LogP contribution in [-0.2, 0) is 5.41 Å². The van der Waals surface area contributed by atoms with E-state index in [9.17, 15) is 0 Å². The van der Waals surface area contributed by atoms with Crippen LogP contribution in [0, 0.1) is 65.1 Å². The van der Waals surface area contributed by atoms with Crippen LogP contribution in [0.25, 0.3) is 116 Å². The molecule has 3 nitrogen and oxygen atoms in total. The summed E-state index contributed by atoms with van der Waals surface area (Å²) >= 11 is 0. The summed E-state index contributed by atoms with van der Waals surface area (Å²) < 4.78 is 4.72. The Kier molecular flexibility index (Phi) is 21.9. The number of aromatic nitrogens is 3. The molecular formula is C115H117N3. The minimum absolute atomic E-state index is 0.160. The van der Waals surface area contributed by atoms with Crippen molar-refractivity contribution >= 4 is 82.1 Å². The van der Waals surface area contributed by atoms with Crippen molar-refractivity contribution in [3.63, 3.8) is 0 Å². The second-order valence-electron chi connectivity index (χ2n) is 37.0. The molecule has 9 aliphatic carbocycles. The number of allylic oxidation sites excluding steroid dienone is 1. The van der Waals surface area contributed by atoms with Crippen LogP contribution in [0.15, 0.2) is 316 Å². The Morgan fingerprint density at radius 3 is 1.10 bits per heavy atom. The molecule has 0 saturated heterocycles. The lowest BCUT2D eigenvalue weighted by Crippen LogP contribution is -2.28. The number of hydrogen-bond acceptors (Lipinski definition) is 1. The maximum atomic E-state index is 4.56. The Morgan fingerprint density at radius 2 is 0.636 bits per heavy atom. The second-order valence-corrected chi connectivity index (χ2v) is 37.0. The molecule has 118 heavy (non-hydrogen) atoms. The molecule has 0 N–H and O–H groups in total. The molecular weight excluding hydrogens is 1420 g/mol. The van der Waals surface area contributed by atoms with Gasteiger partial charge in [-0.1, -0.05) is 367 Å². The van der Waals surface area contributed by atoms with Gasteiger partial charge in [-0.2, -0.15) is 0 Å². The quantitative estimate of drug-likeness (QED) is 0.158. The van der Waals surface area contributed by atoms with Gasteiger partial charge < -0.3 is 9.13 Å². The number of pyridine rings is 1. The fourth-order valence-corrected chi connectivity index (χ4v) is 24.5. The van der Waals surface area contributed by atoms with Gasteiger partial charge in [0.05, 0.1) is 27.6 Å². The van der Waals surface area contributed by atoms with Gasteiger partial charge in [-0.05, 0) is 236 Å². The lowest BCUT2D eigenvalue weighted by atomic mass is 9.69. The molecule has 3 heteroatoms.